The Morgan fingerprint density at radius 3 is 2.45 bits per heavy atom. The molecule has 3 rings (SSSR count). The van der Waals surface area contributed by atoms with Gasteiger partial charge in [0.15, 0.2) is 0 Å². The molecule has 1 saturated heterocycles. The van der Waals surface area contributed by atoms with E-state index in [1.54, 1.807) is 4.90 Å². The number of amides is 1. The van der Waals surface area contributed by atoms with Crippen LogP contribution in [-0.4, -0.2) is 34.9 Å². The van der Waals surface area contributed by atoms with Gasteiger partial charge in [-0.05, 0) is 48.2 Å². The van der Waals surface area contributed by atoms with E-state index in [4.69, 9.17) is 21.7 Å². The van der Waals surface area contributed by atoms with Crippen molar-refractivity contribution < 1.29 is 14.3 Å². The number of aryl methyl sites for hydroxylation is 1. The number of ether oxygens (including phenoxy) is 2. The maximum absolute atomic E-state index is 12.5. The van der Waals surface area contributed by atoms with E-state index in [1.807, 2.05) is 61.5 Å². The Kier molecular flexibility index (Phi) is 7.34. The summed E-state index contributed by atoms with van der Waals surface area (Å²) in [6.07, 6.45) is 1.88. The quantitative estimate of drug-likeness (QED) is 0.324. The summed E-state index contributed by atoms with van der Waals surface area (Å²) in [6, 6.07) is 15.6. The van der Waals surface area contributed by atoms with E-state index < -0.39 is 0 Å². The van der Waals surface area contributed by atoms with Crippen molar-refractivity contribution in [3.63, 3.8) is 0 Å². The SMILES string of the molecule is Cc1ccccc1OCCOc1ccc(C=C2SC(=S)N(CC(C)C)C2=O)cc1. The molecule has 0 aromatic heterocycles. The van der Waals surface area contributed by atoms with Crippen LogP contribution in [-0.2, 0) is 4.79 Å². The second-order valence-corrected chi connectivity index (χ2v) is 8.89. The molecule has 6 heteroatoms. The minimum atomic E-state index is -0.0117. The molecule has 4 nitrogen and oxygen atoms in total. The van der Waals surface area contributed by atoms with E-state index in [0.29, 0.717) is 34.9 Å². The van der Waals surface area contributed by atoms with Crippen LogP contribution < -0.4 is 9.47 Å². The summed E-state index contributed by atoms with van der Waals surface area (Å²) in [4.78, 5) is 14.9. The van der Waals surface area contributed by atoms with Gasteiger partial charge in [0.05, 0.1) is 4.91 Å². The first-order valence-electron chi connectivity index (χ1n) is 9.60. The van der Waals surface area contributed by atoms with Crippen LogP contribution in [0.4, 0.5) is 0 Å². The third kappa shape index (κ3) is 5.84. The average Bonchev–Trinajstić information content (AvgIpc) is 2.95. The maximum Gasteiger partial charge on any atom is 0.266 e. The fourth-order valence-corrected chi connectivity index (χ4v) is 4.14. The van der Waals surface area contributed by atoms with Crippen LogP contribution >= 0.6 is 24.0 Å². The number of hydrogen-bond donors (Lipinski definition) is 0. The monoisotopic (exact) mass is 427 g/mol. The topological polar surface area (TPSA) is 38.8 Å². The van der Waals surface area contributed by atoms with Crippen molar-refractivity contribution in [1.82, 2.24) is 4.90 Å². The highest BCUT2D eigenvalue weighted by molar-refractivity contribution is 8.26. The second-order valence-electron chi connectivity index (χ2n) is 7.22. The lowest BCUT2D eigenvalue weighted by Crippen LogP contribution is -2.31. The molecule has 0 spiro atoms. The minimum absolute atomic E-state index is 0.0117. The first-order valence-corrected chi connectivity index (χ1v) is 10.8. The van der Waals surface area contributed by atoms with Gasteiger partial charge in [0.1, 0.15) is 29.0 Å². The van der Waals surface area contributed by atoms with E-state index >= 15 is 0 Å². The molecule has 152 valence electrons. The summed E-state index contributed by atoms with van der Waals surface area (Å²) in [5.74, 6) is 2.01. The largest absolute Gasteiger partial charge is 0.490 e. The molecule has 0 atom stereocenters. The zero-order chi connectivity index (χ0) is 20.8. The van der Waals surface area contributed by atoms with Crippen molar-refractivity contribution in [3.8, 4) is 11.5 Å². The molecule has 0 bridgehead atoms. The molecule has 1 aliphatic heterocycles. The zero-order valence-electron chi connectivity index (χ0n) is 16.9. The summed E-state index contributed by atoms with van der Waals surface area (Å²) in [6.45, 7) is 7.76. The molecule has 0 radical (unpaired) electrons. The first kappa shape index (κ1) is 21.4. The van der Waals surface area contributed by atoms with Crippen molar-refractivity contribution in [2.24, 2.45) is 5.92 Å². The fourth-order valence-electron chi connectivity index (χ4n) is 2.86. The molecule has 0 unspecified atom stereocenters. The van der Waals surface area contributed by atoms with Crippen LogP contribution in [0.3, 0.4) is 0 Å². The average molecular weight is 428 g/mol. The molecule has 1 amide bonds. The Hall–Kier alpha value is -2.31. The lowest BCUT2D eigenvalue weighted by atomic mass is 10.2. The van der Waals surface area contributed by atoms with Crippen LogP contribution in [0.5, 0.6) is 11.5 Å². The van der Waals surface area contributed by atoms with E-state index in [0.717, 1.165) is 22.6 Å². The van der Waals surface area contributed by atoms with Crippen molar-refractivity contribution in [3.05, 3.63) is 64.6 Å². The summed E-state index contributed by atoms with van der Waals surface area (Å²) in [5, 5.41) is 0. The molecule has 1 heterocycles. The van der Waals surface area contributed by atoms with Crippen LogP contribution in [0.15, 0.2) is 53.4 Å². The van der Waals surface area contributed by atoms with Gasteiger partial charge in [-0.1, -0.05) is 68.2 Å². The number of hydrogen-bond acceptors (Lipinski definition) is 5. The highest BCUT2D eigenvalue weighted by Gasteiger charge is 2.32. The Labute approximate surface area is 181 Å². The number of thiocarbonyl (C=S) groups is 1. The third-order valence-electron chi connectivity index (χ3n) is 4.30. The Bertz CT molecular complexity index is 907. The Morgan fingerprint density at radius 1 is 1.07 bits per heavy atom. The van der Waals surface area contributed by atoms with Crippen molar-refractivity contribution in [1.29, 1.82) is 0 Å². The molecule has 1 fully saturated rings. The normalized spacial score (nSPS) is 15.4. The highest BCUT2D eigenvalue weighted by atomic mass is 32.2. The number of carbonyl (C=O) groups is 1. The molecular formula is C23H25NO3S2. The van der Waals surface area contributed by atoms with Gasteiger partial charge in [0.2, 0.25) is 0 Å². The molecule has 1 aliphatic rings. The van der Waals surface area contributed by atoms with Gasteiger partial charge < -0.3 is 9.47 Å². The predicted octanol–water partition coefficient (Wildman–Crippen LogP) is 5.31. The summed E-state index contributed by atoms with van der Waals surface area (Å²) in [7, 11) is 0. The van der Waals surface area contributed by atoms with Crippen molar-refractivity contribution in [2.75, 3.05) is 19.8 Å². The standard InChI is InChI=1S/C23H25NO3S2/c1-16(2)15-24-22(25)21(29-23(24)28)14-18-8-10-19(11-9-18)26-12-13-27-20-7-5-4-6-17(20)3/h4-11,14,16H,12-13,15H2,1-3H3. The lowest BCUT2D eigenvalue weighted by Gasteiger charge is -2.16. The van der Waals surface area contributed by atoms with Crippen molar-refractivity contribution in [2.45, 2.75) is 20.8 Å². The Balaban J connectivity index is 1.52. The van der Waals surface area contributed by atoms with Gasteiger partial charge in [-0.25, -0.2) is 0 Å². The highest BCUT2D eigenvalue weighted by Crippen LogP contribution is 2.33. The number of benzene rings is 2. The van der Waals surface area contributed by atoms with Crippen molar-refractivity contribution >= 4 is 40.3 Å². The maximum atomic E-state index is 12.5. The predicted molar refractivity (Wildman–Crippen MR) is 123 cm³/mol. The van der Waals surface area contributed by atoms with Crippen LogP contribution in [0.2, 0.25) is 0 Å². The molecule has 0 N–H and O–H groups in total. The van der Waals surface area contributed by atoms with E-state index in [9.17, 15) is 4.79 Å². The second kappa shape index (κ2) is 9.94. The fraction of sp³-hybridized carbons (Fsp3) is 0.304. The molecule has 2 aromatic rings. The van der Waals surface area contributed by atoms with E-state index in [-0.39, 0.29) is 5.91 Å². The number of thioether (sulfide) groups is 1. The Morgan fingerprint density at radius 2 is 1.76 bits per heavy atom. The first-order chi connectivity index (χ1) is 13.9. The van der Waals surface area contributed by atoms with Crippen LogP contribution in [0.25, 0.3) is 6.08 Å². The van der Waals surface area contributed by atoms with E-state index in [1.165, 1.54) is 11.8 Å². The third-order valence-corrected chi connectivity index (χ3v) is 5.68. The molecule has 0 saturated carbocycles. The van der Waals surface area contributed by atoms with Gasteiger partial charge in [-0.15, -0.1) is 0 Å². The van der Waals surface area contributed by atoms with Gasteiger partial charge in [-0.2, -0.15) is 0 Å². The number of carbonyl (C=O) groups excluding carboxylic acids is 1. The van der Waals surface area contributed by atoms with Gasteiger partial charge in [0.25, 0.3) is 5.91 Å². The molecular weight excluding hydrogens is 402 g/mol. The minimum Gasteiger partial charge on any atom is -0.490 e. The lowest BCUT2D eigenvalue weighted by molar-refractivity contribution is -0.122. The van der Waals surface area contributed by atoms with Crippen LogP contribution in [0.1, 0.15) is 25.0 Å². The summed E-state index contributed by atoms with van der Waals surface area (Å²) >= 11 is 6.71. The van der Waals surface area contributed by atoms with Crippen LogP contribution in [0, 0.1) is 12.8 Å². The van der Waals surface area contributed by atoms with E-state index in [2.05, 4.69) is 13.8 Å². The number of nitrogens with zero attached hydrogens (tertiary/aromatic N) is 1. The van der Waals surface area contributed by atoms with Gasteiger partial charge in [-0.3, -0.25) is 9.69 Å². The molecule has 29 heavy (non-hydrogen) atoms. The number of para-hydroxylation sites is 1. The number of rotatable bonds is 8. The van der Waals surface area contributed by atoms with Gasteiger partial charge in [0, 0.05) is 6.54 Å². The summed E-state index contributed by atoms with van der Waals surface area (Å²) < 4.78 is 12.1. The smallest absolute Gasteiger partial charge is 0.266 e. The zero-order valence-corrected chi connectivity index (χ0v) is 18.5. The molecule has 2 aromatic carbocycles. The van der Waals surface area contributed by atoms with Gasteiger partial charge >= 0.3 is 0 Å². The summed E-state index contributed by atoms with van der Waals surface area (Å²) in [5.41, 5.74) is 2.05. The molecule has 0 aliphatic carbocycles.